The molecule has 0 saturated heterocycles. The summed E-state index contributed by atoms with van der Waals surface area (Å²) in [6.45, 7) is 2.84. The van der Waals surface area contributed by atoms with E-state index in [2.05, 4.69) is 22.2 Å². The molecule has 0 radical (unpaired) electrons. The van der Waals surface area contributed by atoms with E-state index in [4.69, 9.17) is 0 Å². The van der Waals surface area contributed by atoms with Crippen LogP contribution >= 0.6 is 0 Å². The summed E-state index contributed by atoms with van der Waals surface area (Å²) in [6.07, 6.45) is 5.14. The van der Waals surface area contributed by atoms with E-state index in [0.717, 1.165) is 25.1 Å². The number of carbonyl (C=O) groups is 1. The van der Waals surface area contributed by atoms with Crippen molar-refractivity contribution in [3.8, 4) is 0 Å². The SMILES string of the molecule is CCCCN(C)C(=O)c1cnc(Nc2ccccc2)cn1. The van der Waals surface area contributed by atoms with Gasteiger partial charge in [0.1, 0.15) is 11.5 Å². The molecule has 21 heavy (non-hydrogen) atoms. The van der Waals surface area contributed by atoms with E-state index in [9.17, 15) is 4.79 Å². The highest BCUT2D eigenvalue weighted by atomic mass is 16.2. The van der Waals surface area contributed by atoms with Crippen LogP contribution in [0.25, 0.3) is 0 Å². The lowest BCUT2D eigenvalue weighted by Crippen LogP contribution is -2.28. The van der Waals surface area contributed by atoms with Crippen molar-refractivity contribution in [1.82, 2.24) is 14.9 Å². The van der Waals surface area contributed by atoms with Gasteiger partial charge in [0, 0.05) is 19.3 Å². The number of unbranched alkanes of at least 4 members (excludes halogenated alkanes) is 1. The van der Waals surface area contributed by atoms with Gasteiger partial charge >= 0.3 is 0 Å². The number of nitrogens with one attached hydrogen (secondary N) is 1. The molecule has 0 aliphatic carbocycles. The number of rotatable bonds is 6. The maximum absolute atomic E-state index is 12.1. The number of aromatic nitrogens is 2. The van der Waals surface area contributed by atoms with Crippen molar-refractivity contribution < 1.29 is 4.79 Å². The minimum Gasteiger partial charge on any atom is -0.340 e. The maximum atomic E-state index is 12.1. The zero-order valence-electron chi connectivity index (χ0n) is 12.4. The number of nitrogens with zero attached hydrogens (tertiary/aromatic N) is 3. The lowest BCUT2D eigenvalue weighted by Gasteiger charge is -2.16. The molecule has 2 aromatic rings. The Bertz CT molecular complexity index is 569. The number of para-hydroxylation sites is 1. The summed E-state index contributed by atoms with van der Waals surface area (Å²) in [6, 6.07) is 9.72. The molecule has 5 nitrogen and oxygen atoms in total. The molecule has 0 bridgehead atoms. The third-order valence-corrected chi connectivity index (χ3v) is 3.11. The quantitative estimate of drug-likeness (QED) is 0.885. The zero-order chi connectivity index (χ0) is 15.1. The summed E-state index contributed by atoms with van der Waals surface area (Å²) in [5.41, 5.74) is 1.30. The number of hydrogen-bond donors (Lipinski definition) is 1. The minimum absolute atomic E-state index is 0.0952. The molecule has 110 valence electrons. The summed E-state index contributed by atoms with van der Waals surface area (Å²) < 4.78 is 0. The summed E-state index contributed by atoms with van der Waals surface area (Å²) in [7, 11) is 1.79. The number of carbonyl (C=O) groups excluding carboxylic acids is 1. The first-order chi connectivity index (χ1) is 10.2. The van der Waals surface area contributed by atoms with Crippen molar-refractivity contribution in [3.05, 3.63) is 48.4 Å². The Labute approximate surface area is 125 Å². The van der Waals surface area contributed by atoms with Crippen LogP contribution in [0.4, 0.5) is 11.5 Å². The predicted molar refractivity (Wildman–Crippen MR) is 83.6 cm³/mol. The molecule has 1 heterocycles. The van der Waals surface area contributed by atoms with E-state index in [1.807, 2.05) is 30.3 Å². The van der Waals surface area contributed by atoms with Crippen molar-refractivity contribution in [3.63, 3.8) is 0 Å². The van der Waals surface area contributed by atoms with Crippen LogP contribution in [0, 0.1) is 0 Å². The Morgan fingerprint density at radius 1 is 1.19 bits per heavy atom. The van der Waals surface area contributed by atoms with Crippen LogP contribution in [0.2, 0.25) is 0 Å². The predicted octanol–water partition coefficient (Wildman–Crippen LogP) is 3.09. The average molecular weight is 284 g/mol. The zero-order valence-corrected chi connectivity index (χ0v) is 12.4. The summed E-state index contributed by atoms with van der Waals surface area (Å²) in [5, 5.41) is 3.14. The molecule has 0 saturated carbocycles. The molecule has 1 aromatic heterocycles. The van der Waals surface area contributed by atoms with Crippen LogP contribution in [0.1, 0.15) is 30.3 Å². The third-order valence-electron chi connectivity index (χ3n) is 3.11. The molecule has 1 N–H and O–H groups in total. The molecular weight excluding hydrogens is 264 g/mol. The smallest absolute Gasteiger partial charge is 0.273 e. The highest BCUT2D eigenvalue weighted by Gasteiger charge is 2.13. The van der Waals surface area contributed by atoms with Crippen LogP contribution < -0.4 is 5.32 Å². The molecule has 0 spiro atoms. The molecule has 2 rings (SSSR count). The second kappa shape index (κ2) is 7.38. The first-order valence-corrected chi connectivity index (χ1v) is 7.10. The fourth-order valence-electron chi connectivity index (χ4n) is 1.86. The number of hydrogen-bond acceptors (Lipinski definition) is 4. The largest absolute Gasteiger partial charge is 0.340 e. The van der Waals surface area contributed by atoms with Crippen LogP contribution in [0.3, 0.4) is 0 Å². The highest BCUT2D eigenvalue weighted by molar-refractivity contribution is 5.91. The molecule has 0 aliphatic heterocycles. The number of benzene rings is 1. The number of anilines is 2. The maximum Gasteiger partial charge on any atom is 0.273 e. The fraction of sp³-hybridized carbons (Fsp3) is 0.312. The van der Waals surface area contributed by atoms with E-state index in [-0.39, 0.29) is 5.91 Å². The van der Waals surface area contributed by atoms with Gasteiger partial charge in [-0.05, 0) is 18.6 Å². The molecule has 0 fully saturated rings. The van der Waals surface area contributed by atoms with Gasteiger partial charge in [-0.3, -0.25) is 4.79 Å². The molecule has 0 aliphatic rings. The highest BCUT2D eigenvalue weighted by Crippen LogP contribution is 2.12. The van der Waals surface area contributed by atoms with Gasteiger partial charge in [-0.2, -0.15) is 0 Å². The van der Waals surface area contributed by atoms with Gasteiger partial charge in [-0.1, -0.05) is 31.5 Å². The van der Waals surface area contributed by atoms with Crippen molar-refractivity contribution >= 4 is 17.4 Å². The van der Waals surface area contributed by atoms with Crippen LogP contribution in [0.15, 0.2) is 42.7 Å². The summed E-state index contributed by atoms with van der Waals surface area (Å²) in [4.78, 5) is 22.2. The van der Waals surface area contributed by atoms with Gasteiger partial charge in [-0.25, -0.2) is 9.97 Å². The summed E-state index contributed by atoms with van der Waals surface area (Å²) >= 11 is 0. The monoisotopic (exact) mass is 284 g/mol. The summed E-state index contributed by atoms with van der Waals surface area (Å²) in [5.74, 6) is 0.524. The Kier molecular flexibility index (Phi) is 5.26. The lowest BCUT2D eigenvalue weighted by molar-refractivity contribution is 0.0787. The second-order valence-corrected chi connectivity index (χ2v) is 4.86. The first kappa shape index (κ1) is 15.0. The molecule has 0 atom stereocenters. The van der Waals surface area contributed by atoms with E-state index in [1.165, 1.54) is 6.20 Å². The topological polar surface area (TPSA) is 58.1 Å². The third kappa shape index (κ3) is 4.27. The van der Waals surface area contributed by atoms with E-state index in [0.29, 0.717) is 11.5 Å². The first-order valence-electron chi connectivity index (χ1n) is 7.10. The van der Waals surface area contributed by atoms with Crippen LogP contribution in [-0.2, 0) is 0 Å². The Morgan fingerprint density at radius 2 is 1.95 bits per heavy atom. The second-order valence-electron chi connectivity index (χ2n) is 4.86. The Hall–Kier alpha value is -2.43. The molecule has 1 amide bonds. The van der Waals surface area contributed by atoms with Gasteiger partial charge in [0.2, 0.25) is 0 Å². The Morgan fingerprint density at radius 3 is 2.57 bits per heavy atom. The molecular formula is C16H20N4O. The molecule has 1 aromatic carbocycles. The Balaban J connectivity index is 2.00. The van der Waals surface area contributed by atoms with E-state index >= 15 is 0 Å². The van der Waals surface area contributed by atoms with Gasteiger partial charge < -0.3 is 10.2 Å². The van der Waals surface area contributed by atoms with Gasteiger partial charge in [-0.15, -0.1) is 0 Å². The average Bonchev–Trinajstić information content (AvgIpc) is 2.53. The van der Waals surface area contributed by atoms with Crippen molar-refractivity contribution in [2.24, 2.45) is 0 Å². The number of amides is 1. The van der Waals surface area contributed by atoms with E-state index < -0.39 is 0 Å². The van der Waals surface area contributed by atoms with E-state index in [1.54, 1.807) is 18.1 Å². The lowest BCUT2D eigenvalue weighted by atomic mass is 10.3. The normalized spacial score (nSPS) is 10.2. The molecule has 0 unspecified atom stereocenters. The van der Waals surface area contributed by atoms with Gasteiger partial charge in [0.05, 0.1) is 12.4 Å². The van der Waals surface area contributed by atoms with Crippen LogP contribution in [-0.4, -0.2) is 34.4 Å². The van der Waals surface area contributed by atoms with Gasteiger partial charge in [0.15, 0.2) is 0 Å². The standard InChI is InChI=1S/C16H20N4O/c1-3-4-10-20(2)16(21)14-11-18-15(12-17-14)19-13-8-6-5-7-9-13/h5-9,11-12H,3-4,10H2,1-2H3,(H,18,19). The molecule has 5 heteroatoms. The van der Waals surface area contributed by atoms with Crippen molar-refractivity contribution in [1.29, 1.82) is 0 Å². The van der Waals surface area contributed by atoms with Gasteiger partial charge in [0.25, 0.3) is 5.91 Å². The minimum atomic E-state index is -0.0952. The van der Waals surface area contributed by atoms with Crippen molar-refractivity contribution in [2.75, 3.05) is 18.9 Å². The van der Waals surface area contributed by atoms with Crippen LogP contribution in [0.5, 0.6) is 0 Å². The van der Waals surface area contributed by atoms with Crippen molar-refractivity contribution in [2.45, 2.75) is 19.8 Å². The fourth-order valence-corrected chi connectivity index (χ4v) is 1.86.